The van der Waals surface area contributed by atoms with Crippen LogP contribution in [-0.4, -0.2) is 17.0 Å². The Bertz CT molecular complexity index is 760. The quantitative estimate of drug-likeness (QED) is 0.737. The zero-order valence-corrected chi connectivity index (χ0v) is 14.0. The maximum absolute atomic E-state index is 4.55. The van der Waals surface area contributed by atoms with Crippen LogP contribution >= 0.6 is 22.7 Å². The Kier molecular flexibility index (Phi) is 4.07. The molecule has 110 valence electrons. The molecule has 0 aliphatic heterocycles. The van der Waals surface area contributed by atoms with Crippen LogP contribution in [0.15, 0.2) is 18.2 Å². The van der Waals surface area contributed by atoms with Crippen LogP contribution in [0.2, 0.25) is 0 Å². The van der Waals surface area contributed by atoms with E-state index in [1.807, 2.05) is 18.4 Å². The number of rotatable bonds is 5. The minimum Gasteiger partial charge on any atom is -0.364 e. The smallest absolute Gasteiger partial charge is 0.225 e. The van der Waals surface area contributed by atoms with Gasteiger partial charge in [0.1, 0.15) is 10.6 Å². The lowest BCUT2D eigenvalue weighted by molar-refractivity contribution is 1.12. The summed E-state index contributed by atoms with van der Waals surface area (Å²) in [7, 11) is 1.85. The van der Waals surface area contributed by atoms with Gasteiger partial charge in [-0.25, -0.2) is 4.98 Å². The van der Waals surface area contributed by atoms with Gasteiger partial charge in [-0.3, -0.25) is 0 Å². The molecule has 6 heteroatoms. The van der Waals surface area contributed by atoms with Crippen LogP contribution in [-0.2, 0) is 13.0 Å². The predicted molar refractivity (Wildman–Crippen MR) is 92.7 cm³/mol. The van der Waals surface area contributed by atoms with Gasteiger partial charge in [-0.15, -0.1) is 22.7 Å². The average molecular weight is 318 g/mol. The molecule has 4 nitrogen and oxygen atoms in total. The normalized spacial score (nSPS) is 11.0. The molecule has 0 radical (unpaired) electrons. The lowest BCUT2D eigenvalue weighted by Gasteiger charge is -2.07. The van der Waals surface area contributed by atoms with Crippen LogP contribution in [0.4, 0.5) is 11.8 Å². The van der Waals surface area contributed by atoms with Crippen LogP contribution in [0.5, 0.6) is 0 Å². The van der Waals surface area contributed by atoms with Crippen LogP contribution in [0.3, 0.4) is 0 Å². The Hall–Kier alpha value is -1.66. The van der Waals surface area contributed by atoms with E-state index in [-0.39, 0.29) is 0 Å². The number of anilines is 2. The fourth-order valence-electron chi connectivity index (χ4n) is 2.17. The molecule has 3 aromatic heterocycles. The van der Waals surface area contributed by atoms with E-state index < -0.39 is 0 Å². The number of hydrogen-bond donors (Lipinski definition) is 2. The molecule has 0 aromatic carbocycles. The zero-order valence-electron chi connectivity index (χ0n) is 12.4. The maximum Gasteiger partial charge on any atom is 0.225 e. The van der Waals surface area contributed by atoms with E-state index in [4.69, 9.17) is 0 Å². The summed E-state index contributed by atoms with van der Waals surface area (Å²) in [6.45, 7) is 5.08. The van der Waals surface area contributed by atoms with Crippen molar-refractivity contribution >= 4 is 44.7 Å². The van der Waals surface area contributed by atoms with E-state index in [9.17, 15) is 0 Å². The topological polar surface area (TPSA) is 49.8 Å². The minimum absolute atomic E-state index is 0.660. The largest absolute Gasteiger partial charge is 0.364 e. The fraction of sp³-hybridized carbons (Fsp3) is 0.333. The predicted octanol–water partition coefficient (Wildman–Crippen LogP) is 4.28. The number of aromatic nitrogens is 2. The van der Waals surface area contributed by atoms with Crippen molar-refractivity contribution in [3.05, 3.63) is 32.8 Å². The van der Waals surface area contributed by atoms with E-state index in [1.54, 1.807) is 11.3 Å². The van der Waals surface area contributed by atoms with Crippen molar-refractivity contribution in [2.45, 2.75) is 26.8 Å². The molecule has 3 rings (SSSR count). The first-order chi connectivity index (χ1) is 10.2. The molecule has 3 heterocycles. The Morgan fingerprint density at radius 3 is 2.67 bits per heavy atom. The van der Waals surface area contributed by atoms with E-state index in [2.05, 4.69) is 52.6 Å². The van der Waals surface area contributed by atoms with E-state index in [1.165, 1.54) is 14.6 Å². The average Bonchev–Trinajstić information content (AvgIpc) is 3.09. The molecular formula is C15H18N4S2. The van der Waals surface area contributed by atoms with E-state index >= 15 is 0 Å². The summed E-state index contributed by atoms with van der Waals surface area (Å²) in [5.74, 6) is 1.56. The molecule has 21 heavy (non-hydrogen) atoms. The zero-order chi connectivity index (χ0) is 14.8. The summed E-state index contributed by atoms with van der Waals surface area (Å²) >= 11 is 3.55. The number of nitrogens with one attached hydrogen (secondary N) is 2. The third-order valence-electron chi connectivity index (χ3n) is 3.24. The highest BCUT2D eigenvalue weighted by Crippen LogP contribution is 2.30. The van der Waals surface area contributed by atoms with Gasteiger partial charge >= 0.3 is 0 Å². The monoisotopic (exact) mass is 318 g/mol. The van der Waals surface area contributed by atoms with Gasteiger partial charge in [0.25, 0.3) is 0 Å². The summed E-state index contributed by atoms with van der Waals surface area (Å²) in [5, 5.41) is 7.58. The summed E-state index contributed by atoms with van der Waals surface area (Å²) in [6.07, 6.45) is 1.09. The summed E-state index contributed by atoms with van der Waals surface area (Å²) < 4.78 is 0. The van der Waals surface area contributed by atoms with Crippen LogP contribution in [0, 0.1) is 6.92 Å². The third-order valence-corrected chi connectivity index (χ3v) is 5.41. The van der Waals surface area contributed by atoms with Crippen molar-refractivity contribution in [3.63, 3.8) is 0 Å². The van der Waals surface area contributed by atoms with Gasteiger partial charge in [-0.2, -0.15) is 4.98 Å². The molecule has 0 saturated carbocycles. The number of thiophene rings is 2. The van der Waals surface area contributed by atoms with E-state index in [0.29, 0.717) is 5.95 Å². The van der Waals surface area contributed by atoms with Crippen LogP contribution in [0.1, 0.15) is 21.6 Å². The lowest BCUT2D eigenvalue weighted by Crippen LogP contribution is -2.04. The molecule has 0 atom stereocenters. The fourth-order valence-corrected chi connectivity index (χ4v) is 3.94. The van der Waals surface area contributed by atoms with Crippen molar-refractivity contribution in [1.82, 2.24) is 9.97 Å². The molecule has 0 spiro atoms. The molecule has 2 N–H and O–H groups in total. The standard InChI is InChI=1S/C15H18N4S2/c1-4-10-5-6-11(21-10)8-17-13-12-7-9(2)20-14(12)19-15(16-3)18-13/h5-7H,4,8H2,1-3H3,(H2,16,17,18,19). The molecule has 0 unspecified atom stereocenters. The summed E-state index contributed by atoms with van der Waals surface area (Å²) in [5.41, 5.74) is 0. The Balaban J connectivity index is 1.88. The third kappa shape index (κ3) is 3.01. The van der Waals surface area contributed by atoms with Gasteiger partial charge in [0.05, 0.1) is 11.9 Å². The Morgan fingerprint density at radius 1 is 1.14 bits per heavy atom. The highest BCUT2D eigenvalue weighted by Gasteiger charge is 2.10. The Labute approximate surface area is 132 Å². The second-order valence-electron chi connectivity index (χ2n) is 4.80. The molecule has 0 aliphatic carbocycles. The number of nitrogens with zero attached hydrogens (tertiary/aromatic N) is 2. The van der Waals surface area contributed by atoms with Crippen molar-refractivity contribution < 1.29 is 0 Å². The van der Waals surface area contributed by atoms with E-state index in [0.717, 1.165) is 29.0 Å². The van der Waals surface area contributed by atoms with Crippen molar-refractivity contribution in [3.8, 4) is 0 Å². The Morgan fingerprint density at radius 2 is 1.95 bits per heavy atom. The first kappa shape index (κ1) is 14.3. The molecule has 0 bridgehead atoms. The summed E-state index contributed by atoms with van der Waals surface area (Å²) in [6, 6.07) is 6.53. The molecule has 0 amide bonds. The highest BCUT2D eigenvalue weighted by molar-refractivity contribution is 7.18. The first-order valence-electron chi connectivity index (χ1n) is 6.97. The molecule has 0 saturated heterocycles. The number of aryl methyl sites for hydroxylation is 2. The van der Waals surface area contributed by atoms with Gasteiger partial charge < -0.3 is 10.6 Å². The van der Waals surface area contributed by atoms with Gasteiger partial charge in [0.2, 0.25) is 5.95 Å². The summed E-state index contributed by atoms with van der Waals surface area (Å²) in [4.78, 5) is 14.1. The lowest BCUT2D eigenvalue weighted by atomic mass is 10.3. The number of hydrogen-bond acceptors (Lipinski definition) is 6. The minimum atomic E-state index is 0.660. The molecule has 0 aliphatic rings. The highest BCUT2D eigenvalue weighted by atomic mass is 32.1. The molecule has 0 fully saturated rings. The van der Waals surface area contributed by atoms with Gasteiger partial charge in [0.15, 0.2) is 0 Å². The van der Waals surface area contributed by atoms with Crippen molar-refractivity contribution in [2.24, 2.45) is 0 Å². The second-order valence-corrected chi connectivity index (χ2v) is 7.28. The van der Waals surface area contributed by atoms with Crippen molar-refractivity contribution in [1.29, 1.82) is 0 Å². The molecular weight excluding hydrogens is 300 g/mol. The SMILES string of the molecule is CCc1ccc(CNc2nc(NC)nc3sc(C)cc23)s1. The van der Waals surface area contributed by atoms with Gasteiger partial charge in [0, 0.05) is 21.7 Å². The first-order valence-corrected chi connectivity index (χ1v) is 8.60. The van der Waals surface area contributed by atoms with Gasteiger partial charge in [-0.05, 0) is 31.5 Å². The van der Waals surface area contributed by atoms with Crippen molar-refractivity contribution in [2.75, 3.05) is 17.7 Å². The molecule has 3 aromatic rings. The van der Waals surface area contributed by atoms with Crippen LogP contribution in [0.25, 0.3) is 10.2 Å². The van der Waals surface area contributed by atoms with Crippen LogP contribution < -0.4 is 10.6 Å². The number of fused-ring (bicyclic) bond motifs is 1. The van der Waals surface area contributed by atoms with Gasteiger partial charge in [-0.1, -0.05) is 6.92 Å². The maximum atomic E-state index is 4.55. The second kappa shape index (κ2) is 5.99.